The van der Waals surface area contributed by atoms with Crippen LogP contribution in [0.25, 0.3) is 0 Å². The third-order valence-electron chi connectivity index (χ3n) is 4.01. The van der Waals surface area contributed by atoms with E-state index in [1.807, 2.05) is 0 Å². The van der Waals surface area contributed by atoms with E-state index in [1.165, 1.54) is 31.2 Å². The zero-order chi connectivity index (χ0) is 17.5. The van der Waals surface area contributed by atoms with Crippen molar-refractivity contribution in [1.29, 1.82) is 0 Å². The number of ether oxygens (including phenoxy) is 1. The molecule has 0 aromatic heterocycles. The van der Waals surface area contributed by atoms with Crippen LogP contribution in [-0.4, -0.2) is 22.8 Å². The van der Waals surface area contributed by atoms with Crippen molar-refractivity contribution >= 4 is 17.5 Å². The lowest BCUT2D eigenvalue weighted by molar-refractivity contribution is -0.384. The normalized spacial score (nSPS) is 16.0. The van der Waals surface area contributed by atoms with Gasteiger partial charge in [-0.05, 0) is 31.9 Å². The third-order valence-corrected chi connectivity index (χ3v) is 4.01. The van der Waals surface area contributed by atoms with Gasteiger partial charge in [-0.3, -0.25) is 30.6 Å². The van der Waals surface area contributed by atoms with Gasteiger partial charge < -0.3 is 4.74 Å². The van der Waals surface area contributed by atoms with Gasteiger partial charge in [0.2, 0.25) is 5.91 Å². The molecule has 0 saturated heterocycles. The van der Waals surface area contributed by atoms with E-state index in [0.717, 1.165) is 32.1 Å². The first kappa shape index (κ1) is 17.7. The lowest BCUT2D eigenvalue weighted by Gasteiger charge is -2.21. The predicted molar refractivity (Wildman–Crippen MR) is 86.0 cm³/mol. The van der Waals surface area contributed by atoms with Crippen molar-refractivity contribution in [2.45, 2.75) is 45.1 Å². The Morgan fingerprint density at radius 3 is 2.38 bits per heavy atom. The van der Waals surface area contributed by atoms with Crippen LogP contribution < -0.4 is 15.6 Å². The summed E-state index contributed by atoms with van der Waals surface area (Å²) >= 11 is 0. The van der Waals surface area contributed by atoms with Crippen LogP contribution in [0.5, 0.6) is 5.75 Å². The highest BCUT2D eigenvalue weighted by Crippen LogP contribution is 2.23. The average molecular weight is 335 g/mol. The van der Waals surface area contributed by atoms with Crippen molar-refractivity contribution in [2.24, 2.45) is 5.92 Å². The maximum atomic E-state index is 12.0. The van der Waals surface area contributed by atoms with E-state index in [4.69, 9.17) is 4.74 Å². The van der Waals surface area contributed by atoms with Gasteiger partial charge in [0.05, 0.1) is 4.92 Å². The number of carbonyl (C=O) groups excluding carboxylic acids is 2. The van der Waals surface area contributed by atoms with Gasteiger partial charge in [0.25, 0.3) is 11.6 Å². The lowest BCUT2D eigenvalue weighted by atomic mass is 9.89. The van der Waals surface area contributed by atoms with Crippen LogP contribution in [0, 0.1) is 16.0 Å². The Morgan fingerprint density at radius 1 is 1.17 bits per heavy atom. The molecule has 1 unspecified atom stereocenters. The summed E-state index contributed by atoms with van der Waals surface area (Å²) in [6, 6.07) is 5.43. The van der Waals surface area contributed by atoms with Crippen LogP contribution in [0.4, 0.5) is 5.69 Å². The fraction of sp³-hybridized carbons (Fsp3) is 0.500. The molecule has 0 radical (unpaired) electrons. The molecule has 0 spiro atoms. The predicted octanol–water partition coefficient (Wildman–Crippen LogP) is 2.09. The first-order valence-electron chi connectivity index (χ1n) is 7.98. The van der Waals surface area contributed by atoms with Gasteiger partial charge in [-0.1, -0.05) is 19.3 Å². The van der Waals surface area contributed by atoms with Gasteiger partial charge >= 0.3 is 0 Å². The molecule has 0 bridgehead atoms. The molecular formula is C16H21N3O5. The van der Waals surface area contributed by atoms with Crippen LogP contribution in [-0.2, 0) is 9.59 Å². The minimum absolute atomic E-state index is 0.0510. The summed E-state index contributed by atoms with van der Waals surface area (Å²) in [5.74, 6) is -0.380. The van der Waals surface area contributed by atoms with Crippen LogP contribution in [0.15, 0.2) is 24.3 Å². The Labute approximate surface area is 139 Å². The second-order valence-electron chi connectivity index (χ2n) is 5.82. The molecule has 2 rings (SSSR count). The first-order valence-corrected chi connectivity index (χ1v) is 7.98. The highest BCUT2D eigenvalue weighted by molar-refractivity contribution is 5.85. The summed E-state index contributed by atoms with van der Waals surface area (Å²) < 4.78 is 5.40. The number of nitrogens with zero attached hydrogens (tertiary/aromatic N) is 1. The zero-order valence-corrected chi connectivity index (χ0v) is 13.5. The van der Waals surface area contributed by atoms with Gasteiger partial charge in [-0.15, -0.1) is 0 Å². The Bertz CT molecular complexity index is 596. The minimum Gasteiger partial charge on any atom is -0.481 e. The largest absolute Gasteiger partial charge is 0.481 e. The summed E-state index contributed by atoms with van der Waals surface area (Å²) in [5, 5.41) is 10.6. The molecule has 1 aromatic carbocycles. The van der Waals surface area contributed by atoms with Gasteiger partial charge in [0, 0.05) is 18.1 Å². The number of nitro benzene ring substituents is 1. The minimum atomic E-state index is -0.849. The molecule has 1 aromatic rings. The van der Waals surface area contributed by atoms with Crippen molar-refractivity contribution in [3.05, 3.63) is 34.4 Å². The first-order chi connectivity index (χ1) is 11.5. The maximum Gasteiger partial charge on any atom is 0.279 e. The molecule has 24 heavy (non-hydrogen) atoms. The lowest BCUT2D eigenvalue weighted by Crippen LogP contribution is -2.49. The van der Waals surface area contributed by atoms with Crippen LogP contribution in [0.2, 0.25) is 0 Å². The number of nitro groups is 1. The molecule has 1 saturated carbocycles. The molecular weight excluding hydrogens is 314 g/mol. The monoisotopic (exact) mass is 335 g/mol. The summed E-state index contributed by atoms with van der Waals surface area (Å²) in [7, 11) is 0. The van der Waals surface area contributed by atoms with Crippen LogP contribution in [0.1, 0.15) is 39.0 Å². The third kappa shape index (κ3) is 4.94. The van der Waals surface area contributed by atoms with E-state index in [1.54, 1.807) is 0 Å². The number of hydrazine groups is 1. The summed E-state index contributed by atoms with van der Waals surface area (Å²) in [5.41, 5.74) is 4.74. The molecule has 8 heteroatoms. The van der Waals surface area contributed by atoms with Gasteiger partial charge in [-0.25, -0.2) is 0 Å². The summed E-state index contributed by atoms with van der Waals surface area (Å²) in [4.78, 5) is 34.0. The van der Waals surface area contributed by atoms with E-state index in [-0.39, 0.29) is 17.5 Å². The fourth-order valence-corrected chi connectivity index (χ4v) is 2.60. The van der Waals surface area contributed by atoms with Gasteiger partial charge in [0.15, 0.2) is 6.10 Å². The van der Waals surface area contributed by atoms with Crippen molar-refractivity contribution in [1.82, 2.24) is 10.9 Å². The second-order valence-corrected chi connectivity index (χ2v) is 5.82. The van der Waals surface area contributed by atoms with Crippen molar-refractivity contribution in [3.63, 3.8) is 0 Å². The Kier molecular flexibility index (Phi) is 6.11. The topological polar surface area (TPSA) is 111 Å². The van der Waals surface area contributed by atoms with E-state index in [0.29, 0.717) is 5.75 Å². The number of hydrogen-bond acceptors (Lipinski definition) is 5. The fourth-order valence-electron chi connectivity index (χ4n) is 2.60. The van der Waals surface area contributed by atoms with Crippen LogP contribution in [0.3, 0.4) is 0 Å². The summed E-state index contributed by atoms with van der Waals surface area (Å²) in [6.45, 7) is 1.53. The number of nitrogens with one attached hydrogen (secondary N) is 2. The van der Waals surface area contributed by atoms with Crippen molar-refractivity contribution in [2.75, 3.05) is 0 Å². The number of rotatable bonds is 5. The average Bonchev–Trinajstić information content (AvgIpc) is 2.60. The number of hydrogen-bond donors (Lipinski definition) is 2. The quantitative estimate of drug-likeness (QED) is 0.632. The van der Waals surface area contributed by atoms with E-state index >= 15 is 0 Å². The van der Waals surface area contributed by atoms with Crippen molar-refractivity contribution in [3.8, 4) is 5.75 Å². The van der Waals surface area contributed by atoms with E-state index in [9.17, 15) is 19.7 Å². The molecule has 0 heterocycles. The van der Waals surface area contributed by atoms with Crippen molar-refractivity contribution < 1.29 is 19.2 Å². The molecule has 1 fully saturated rings. The molecule has 0 aliphatic heterocycles. The SMILES string of the molecule is CC(Oc1ccc([N+](=O)[O-])cc1)C(=O)NNC(=O)C1CCCCC1. The molecule has 2 amide bonds. The smallest absolute Gasteiger partial charge is 0.279 e. The van der Waals surface area contributed by atoms with Gasteiger partial charge in [-0.2, -0.15) is 0 Å². The highest BCUT2D eigenvalue weighted by atomic mass is 16.6. The number of non-ortho nitro benzene ring substituents is 1. The molecule has 1 aliphatic carbocycles. The van der Waals surface area contributed by atoms with Gasteiger partial charge in [0.1, 0.15) is 5.75 Å². The summed E-state index contributed by atoms with van der Waals surface area (Å²) in [6.07, 6.45) is 4.05. The van der Waals surface area contributed by atoms with E-state index in [2.05, 4.69) is 10.9 Å². The van der Waals surface area contributed by atoms with E-state index < -0.39 is 16.9 Å². The number of benzene rings is 1. The molecule has 8 nitrogen and oxygen atoms in total. The standard InChI is InChI=1S/C16H21N3O5/c1-11(24-14-9-7-13(8-10-14)19(22)23)15(20)17-18-16(21)12-5-3-2-4-6-12/h7-12H,2-6H2,1H3,(H,17,20)(H,18,21). The molecule has 130 valence electrons. The van der Waals surface area contributed by atoms with Crippen LogP contribution >= 0.6 is 0 Å². The Morgan fingerprint density at radius 2 is 1.79 bits per heavy atom. The Hall–Kier alpha value is -2.64. The number of carbonyl (C=O) groups is 2. The highest BCUT2D eigenvalue weighted by Gasteiger charge is 2.22. The Balaban J connectivity index is 1.79. The molecule has 1 atom stereocenters. The zero-order valence-electron chi connectivity index (χ0n) is 13.5. The number of amides is 2. The molecule has 1 aliphatic rings. The maximum absolute atomic E-state index is 12.0. The second kappa shape index (κ2) is 8.28. The molecule has 2 N–H and O–H groups in total.